The van der Waals surface area contributed by atoms with Crippen molar-refractivity contribution in [3.05, 3.63) is 35.5 Å². The SMILES string of the molecule is CNC(=O)c1ccc(N)c(Oc2cc(C)nn2C)c1. The molecule has 0 saturated carbocycles. The van der Waals surface area contributed by atoms with Crippen molar-refractivity contribution < 1.29 is 9.53 Å². The predicted octanol–water partition coefficient (Wildman–Crippen LogP) is 1.46. The zero-order valence-corrected chi connectivity index (χ0v) is 11.1. The molecule has 2 rings (SSSR count). The summed E-state index contributed by atoms with van der Waals surface area (Å²) < 4.78 is 7.30. The number of carbonyl (C=O) groups excluding carboxylic acids is 1. The number of nitrogens with one attached hydrogen (secondary N) is 1. The Morgan fingerprint density at radius 3 is 2.74 bits per heavy atom. The van der Waals surface area contributed by atoms with Gasteiger partial charge >= 0.3 is 0 Å². The van der Waals surface area contributed by atoms with Crippen LogP contribution in [0.25, 0.3) is 0 Å². The number of benzene rings is 1. The van der Waals surface area contributed by atoms with Gasteiger partial charge in [0, 0.05) is 25.7 Å². The molecule has 0 spiro atoms. The van der Waals surface area contributed by atoms with E-state index in [1.165, 1.54) is 0 Å². The maximum absolute atomic E-state index is 11.6. The van der Waals surface area contributed by atoms with E-state index >= 15 is 0 Å². The van der Waals surface area contributed by atoms with Crippen molar-refractivity contribution in [2.45, 2.75) is 6.92 Å². The summed E-state index contributed by atoms with van der Waals surface area (Å²) in [6, 6.07) is 6.70. The van der Waals surface area contributed by atoms with E-state index in [1.807, 2.05) is 6.92 Å². The molecule has 6 nitrogen and oxygen atoms in total. The topological polar surface area (TPSA) is 82.2 Å². The number of nitrogens with zero attached hydrogens (tertiary/aromatic N) is 2. The minimum absolute atomic E-state index is 0.189. The van der Waals surface area contributed by atoms with Crippen molar-refractivity contribution in [2.75, 3.05) is 12.8 Å². The van der Waals surface area contributed by atoms with E-state index in [0.717, 1.165) is 5.69 Å². The van der Waals surface area contributed by atoms with Crippen LogP contribution in [0.4, 0.5) is 5.69 Å². The molecule has 0 atom stereocenters. The number of carbonyl (C=O) groups is 1. The molecule has 1 heterocycles. The summed E-state index contributed by atoms with van der Waals surface area (Å²) in [5.41, 5.74) is 7.65. The second kappa shape index (κ2) is 5.01. The molecule has 19 heavy (non-hydrogen) atoms. The highest BCUT2D eigenvalue weighted by atomic mass is 16.5. The lowest BCUT2D eigenvalue weighted by Gasteiger charge is -2.09. The molecule has 1 aromatic carbocycles. The Balaban J connectivity index is 2.34. The number of nitrogens with two attached hydrogens (primary N) is 1. The van der Waals surface area contributed by atoms with Gasteiger partial charge in [0.15, 0.2) is 5.75 Å². The van der Waals surface area contributed by atoms with Crippen molar-refractivity contribution in [2.24, 2.45) is 7.05 Å². The minimum Gasteiger partial charge on any atom is -0.437 e. The Kier molecular flexibility index (Phi) is 3.41. The fourth-order valence-electron chi connectivity index (χ4n) is 1.70. The van der Waals surface area contributed by atoms with Gasteiger partial charge in [-0.2, -0.15) is 5.10 Å². The van der Waals surface area contributed by atoms with Crippen LogP contribution in [0.1, 0.15) is 16.1 Å². The normalized spacial score (nSPS) is 10.3. The number of ether oxygens (including phenoxy) is 1. The zero-order valence-electron chi connectivity index (χ0n) is 11.1. The summed E-state index contributed by atoms with van der Waals surface area (Å²) >= 11 is 0. The Morgan fingerprint density at radius 2 is 2.16 bits per heavy atom. The molecule has 0 radical (unpaired) electrons. The molecule has 0 unspecified atom stereocenters. The van der Waals surface area contributed by atoms with Gasteiger partial charge in [-0.3, -0.25) is 4.79 Å². The van der Waals surface area contributed by atoms with Crippen LogP contribution in [0, 0.1) is 6.92 Å². The van der Waals surface area contributed by atoms with Gasteiger partial charge in [0.2, 0.25) is 5.88 Å². The number of hydrogen-bond acceptors (Lipinski definition) is 4. The molecule has 1 amide bonds. The van der Waals surface area contributed by atoms with E-state index in [-0.39, 0.29) is 5.91 Å². The van der Waals surface area contributed by atoms with Gasteiger partial charge < -0.3 is 15.8 Å². The third-order valence-electron chi connectivity index (χ3n) is 2.68. The van der Waals surface area contributed by atoms with E-state index in [9.17, 15) is 4.79 Å². The first-order chi connectivity index (χ1) is 9.01. The van der Waals surface area contributed by atoms with Crippen molar-refractivity contribution in [3.8, 4) is 11.6 Å². The first-order valence-electron chi connectivity index (χ1n) is 5.81. The Labute approximate surface area is 111 Å². The Morgan fingerprint density at radius 1 is 1.42 bits per heavy atom. The second-order valence-corrected chi connectivity index (χ2v) is 4.18. The van der Waals surface area contributed by atoms with Crippen LogP contribution in [0.3, 0.4) is 0 Å². The van der Waals surface area contributed by atoms with Crippen molar-refractivity contribution in [1.82, 2.24) is 15.1 Å². The van der Waals surface area contributed by atoms with Gasteiger partial charge in [-0.05, 0) is 25.1 Å². The van der Waals surface area contributed by atoms with Gasteiger partial charge in [-0.25, -0.2) is 4.68 Å². The molecule has 0 aliphatic rings. The number of nitrogen functional groups attached to an aromatic ring is 1. The monoisotopic (exact) mass is 260 g/mol. The number of aromatic nitrogens is 2. The maximum Gasteiger partial charge on any atom is 0.251 e. The fourth-order valence-corrected chi connectivity index (χ4v) is 1.70. The van der Waals surface area contributed by atoms with E-state index < -0.39 is 0 Å². The van der Waals surface area contributed by atoms with Crippen molar-refractivity contribution in [1.29, 1.82) is 0 Å². The third-order valence-corrected chi connectivity index (χ3v) is 2.68. The molecule has 0 fully saturated rings. The van der Waals surface area contributed by atoms with E-state index in [4.69, 9.17) is 10.5 Å². The highest BCUT2D eigenvalue weighted by molar-refractivity contribution is 5.95. The van der Waals surface area contributed by atoms with E-state index in [0.29, 0.717) is 22.9 Å². The van der Waals surface area contributed by atoms with Gasteiger partial charge in [-0.15, -0.1) is 0 Å². The lowest BCUT2D eigenvalue weighted by atomic mass is 10.2. The number of aryl methyl sites for hydroxylation is 2. The number of hydrogen-bond donors (Lipinski definition) is 2. The molecule has 6 heteroatoms. The Hall–Kier alpha value is -2.50. The average molecular weight is 260 g/mol. The number of amides is 1. The van der Waals surface area contributed by atoms with Crippen LogP contribution in [-0.2, 0) is 7.05 Å². The van der Waals surface area contributed by atoms with Crippen molar-refractivity contribution >= 4 is 11.6 Å². The third kappa shape index (κ3) is 2.67. The molecule has 0 saturated heterocycles. The van der Waals surface area contributed by atoms with Crippen LogP contribution in [0.2, 0.25) is 0 Å². The van der Waals surface area contributed by atoms with Crippen LogP contribution in [0.15, 0.2) is 24.3 Å². The van der Waals surface area contributed by atoms with Gasteiger partial charge in [0.05, 0.1) is 11.4 Å². The average Bonchev–Trinajstić information content (AvgIpc) is 2.69. The largest absolute Gasteiger partial charge is 0.437 e. The van der Waals surface area contributed by atoms with Gasteiger partial charge in [-0.1, -0.05) is 0 Å². The number of anilines is 1. The van der Waals surface area contributed by atoms with E-state index in [2.05, 4.69) is 10.4 Å². The smallest absolute Gasteiger partial charge is 0.251 e. The molecular formula is C13H16N4O2. The van der Waals surface area contributed by atoms with Crippen LogP contribution < -0.4 is 15.8 Å². The highest BCUT2D eigenvalue weighted by Gasteiger charge is 2.11. The summed E-state index contributed by atoms with van der Waals surface area (Å²) in [4.78, 5) is 11.6. The molecule has 100 valence electrons. The first kappa shape index (κ1) is 12.9. The van der Waals surface area contributed by atoms with Crippen LogP contribution in [-0.4, -0.2) is 22.7 Å². The predicted molar refractivity (Wildman–Crippen MR) is 72.3 cm³/mol. The summed E-state index contributed by atoms with van der Waals surface area (Å²) in [6.45, 7) is 1.87. The second-order valence-electron chi connectivity index (χ2n) is 4.18. The van der Waals surface area contributed by atoms with Crippen molar-refractivity contribution in [3.63, 3.8) is 0 Å². The molecule has 1 aromatic heterocycles. The number of rotatable bonds is 3. The minimum atomic E-state index is -0.189. The van der Waals surface area contributed by atoms with E-state index in [1.54, 1.807) is 43.0 Å². The molecule has 0 aliphatic carbocycles. The Bertz CT molecular complexity index is 619. The lowest BCUT2D eigenvalue weighted by Crippen LogP contribution is -2.17. The van der Waals surface area contributed by atoms with Crippen LogP contribution in [0.5, 0.6) is 11.6 Å². The molecular weight excluding hydrogens is 244 g/mol. The fraction of sp³-hybridized carbons (Fsp3) is 0.231. The highest BCUT2D eigenvalue weighted by Crippen LogP contribution is 2.28. The van der Waals surface area contributed by atoms with Crippen LogP contribution >= 0.6 is 0 Å². The quantitative estimate of drug-likeness (QED) is 0.818. The standard InChI is InChI=1S/C13H16N4O2/c1-8-6-12(17(3)16-8)19-11-7-9(13(18)15-2)4-5-10(11)14/h4-7H,14H2,1-3H3,(H,15,18). The lowest BCUT2D eigenvalue weighted by molar-refractivity contribution is 0.0963. The zero-order chi connectivity index (χ0) is 14.0. The molecule has 2 aromatic rings. The summed E-state index contributed by atoms with van der Waals surface area (Å²) in [6.07, 6.45) is 0. The summed E-state index contributed by atoms with van der Waals surface area (Å²) in [7, 11) is 3.35. The molecule has 3 N–H and O–H groups in total. The van der Waals surface area contributed by atoms with Gasteiger partial charge in [0.25, 0.3) is 5.91 Å². The summed E-state index contributed by atoms with van der Waals surface area (Å²) in [5.74, 6) is 0.813. The maximum atomic E-state index is 11.6. The van der Waals surface area contributed by atoms with Gasteiger partial charge in [0.1, 0.15) is 0 Å². The first-order valence-corrected chi connectivity index (χ1v) is 5.81. The molecule has 0 bridgehead atoms. The summed E-state index contributed by atoms with van der Waals surface area (Å²) in [5, 5.41) is 6.74. The molecule has 0 aliphatic heterocycles.